The van der Waals surface area contributed by atoms with Gasteiger partial charge < -0.3 is 10.2 Å². The lowest BCUT2D eigenvalue weighted by atomic mass is 10.2. The molecule has 1 saturated heterocycles. The number of benzene rings is 2. The summed E-state index contributed by atoms with van der Waals surface area (Å²) in [6, 6.07) is 12.1. The zero-order valence-corrected chi connectivity index (χ0v) is 14.8. The van der Waals surface area contributed by atoms with Crippen LogP contribution in [0.15, 0.2) is 48.5 Å². The maximum Gasteiger partial charge on any atom is 0.233 e. The van der Waals surface area contributed by atoms with Crippen LogP contribution >= 0.6 is 11.8 Å². The molecule has 2 aromatic rings. The molecule has 1 N–H and O–H groups in total. The molecule has 3 rings (SSSR count). The molecule has 1 atom stereocenters. The van der Waals surface area contributed by atoms with Gasteiger partial charge in [0.25, 0.3) is 0 Å². The highest BCUT2D eigenvalue weighted by molar-refractivity contribution is 8.00. The Morgan fingerprint density at radius 1 is 1.15 bits per heavy atom. The second-order valence-corrected chi connectivity index (χ2v) is 7.03. The van der Waals surface area contributed by atoms with E-state index in [1.807, 2.05) is 0 Å². The predicted molar refractivity (Wildman–Crippen MR) is 96.2 cm³/mol. The van der Waals surface area contributed by atoms with Crippen molar-refractivity contribution in [3.8, 4) is 0 Å². The van der Waals surface area contributed by atoms with Crippen LogP contribution in [0.3, 0.4) is 0 Å². The third-order valence-corrected chi connectivity index (χ3v) is 5.34. The number of amides is 2. The Bertz CT molecular complexity index is 798. The number of carbonyl (C=O) groups excluding carboxylic acids is 2. The monoisotopic (exact) mass is 376 g/mol. The van der Waals surface area contributed by atoms with Gasteiger partial charge in [0.2, 0.25) is 11.8 Å². The quantitative estimate of drug-likeness (QED) is 0.842. The molecule has 1 unspecified atom stereocenters. The molecule has 26 heavy (non-hydrogen) atoms. The minimum atomic E-state index is -0.348. The maximum atomic E-state index is 13.4. The molecule has 0 saturated carbocycles. The van der Waals surface area contributed by atoms with Gasteiger partial charge in [0.1, 0.15) is 17.0 Å². The molecule has 4 nitrogen and oxygen atoms in total. The first-order chi connectivity index (χ1) is 12.5. The number of rotatable bonds is 6. The molecule has 0 aliphatic carbocycles. The van der Waals surface area contributed by atoms with E-state index in [4.69, 9.17) is 0 Å². The first-order valence-corrected chi connectivity index (χ1v) is 9.25. The second kappa shape index (κ2) is 8.31. The molecule has 0 bridgehead atoms. The van der Waals surface area contributed by atoms with Crippen molar-refractivity contribution in [2.75, 3.05) is 12.3 Å². The molecule has 0 aromatic heterocycles. The van der Waals surface area contributed by atoms with E-state index in [1.54, 1.807) is 29.2 Å². The SMILES string of the molecule is O=C(CCN1C(=O)CSC1c1cccc(F)c1)NCc1ccc(F)cc1. The number of nitrogens with zero attached hydrogens (tertiary/aromatic N) is 1. The highest BCUT2D eigenvalue weighted by atomic mass is 32.2. The van der Waals surface area contributed by atoms with E-state index in [9.17, 15) is 18.4 Å². The smallest absolute Gasteiger partial charge is 0.233 e. The Labute approximate surface area is 154 Å². The van der Waals surface area contributed by atoms with Crippen molar-refractivity contribution in [2.45, 2.75) is 18.3 Å². The Morgan fingerprint density at radius 3 is 2.65 bits per heavy atom. The summed E-state index contributed by atoms with van der Waals surface area (Å²) in [6.45, 7) is 0.567. The number of carbonyl (C=O) groups is 2. The maximum absolute atomic E-state index is 13.4. The normalized spacial score (nSPS) is 16.8. The van der Waals surface area contributed by atoms with Gasteiger partial charge in [-0.3, -0.25) is 9.59 Å². The van der Waals surface area contributed by atoms with Crippen LogP contribution in [0.4, 0.5) is 8.78 Å². The lowest BCUT2D eigenvalue weighted by molar-refractivity contribution is -0.129. The second-order valence-electron chi connectivity index (χ2n) is 5.96. The van der Waals surface area contributed by atoms with Crippen LogP contribution in [-0.2, 0) is 16.1 Å². The lowest BCUT2D eigenvalue weighted by Gasteiger charge is -2.24. The third kappa shape index (κ3) is 4.60. The Balaban J connectivity index is 1.54. The zero-order valence-electron chi connectivity index (χ0n) is 14.0. The van der Waals surface area contributed by atoms with Gasteiger partial charge in [-0.05, 0) is 35.4 Å². The molecular weight excluding hydrogens is 358 g/mol. The zero-order chi connectivity index (χ0) is 18.5. The van der Waals surface area contributed by atoms with Crippen LogP contribution in [0.5, 0.6) is 0 Å². The van der Waals surface area contributed by atoms with Crippen LogP contribution in [0, 0.1) is 11.6 Å². The van der Waals surface area contributed by atoms with Crippen LogP contribution in [-0.4, -0.2) is 29.0 Å². The molecule has 1 aliphatic heterocycles. The summed E-state index contributed by atoms with van der Waals surface area (Å²) in [5.41, 5.74) is 1.51. The fraction of sp³-hybridized carbons (Fsp3) is 0.263. The van der Waals surface area contributed by atoms with Crippen molar-refractivity contribution < 1.29 is 18.4 Å². The molecule has 1 fully saturated rings. The largest absolute Gasteiger partial charge is 0.352 e. The van der Waals surface area contributed by atoms with Crippen molar-refractivity contribution >= 4 is 23.6 Å². The fourth-order valence-electron chi connectivity index (χ4n) is 2.75. The summed E-state index contributed by atoms with van der Waals surface area (Å²) in [4.78, 5) is 25.8. The number of halogens is 2. The highest BCUT2D eigenvalue weighted by Crippen LogP contribution is 2.38. The van der Waals surface area contributed by atoms with Crippen LogP contribution in [0.2, 0.25) is 0 Å². The molecule has 1 aliphatic rings. The molecule has 2 aromatic carbocycles. The summed E-state index contributed by atoms with van der Waals surface area (Å²) in [6.07, 6.45) is 0.152. The van der Waals surface area contributed by atoms with Gasteiger partial charge in [0.05, 0.1) is 5.75 Å². The van der Waals surface area contributed by atoms with Crippen molar-refractivity contribution in [3.63, 3.8) is 0 Å². The van der Waals surface area contributed by atoms with E-state index < -0.39 is 0 Å². The van der Waals surface area contributed by atoms with E-state index >= 15 is 0 Å². The number of thioether (sulfide) groups is 1. The first kappa shape index (κ1) is 18.4. The molecule has 0 radical (unpaired) electrons. The van der Waals surface area contributed by atoms with Crippen molar-refractivity contribution in [2.24, 2.45) is 0 Å². The Hall–Kier alpha value is -2.41. The van der Waals surface area contributed by atoms with Gasteiger partial charge >= 0.3 is 0 Å². The fourth-order valence-corrected chi connectivity index (χ4v) is 3.95. The molecule has 2 amide bonds. The van der Waals surface area contributed by atoms with Crippen LogP contribution in [0.1, 0.15) is 22.9 Å². The van der Waals surface area contributed by atoms with Crippen molar-refractivity contribution in [1.82, 2.24) is 10.2 Å². The van der Waals surface area contributed by atoms with E-state index in [2.05, 4.69) is 5.32 Å². The number of hydrogen-bond donors (Lipinski definition) is 1. The van der Waals surface area contributed by atoms with Crippen LogP contribution < -0.4 is 5.32 Å². The number of hydrogen-bond acceptors (Lipinski definition) is 3. The average Bonchev–Trinajstić information content (AvgIpc) is 3.00. The Kier molecular flexibility index (Phi) is 5.88. The molecule has 7 heteroatoms. The lowest BCUT2D eigenvalue weighted by Crippen LogP contribution is -2.33. The van der Waals surface area contributed by atoms with Crippen molar-refractivity contribution in [3.05, 3.63) is 71.3 Å². The average molecular weight is 376 g/mol. The Morgan fingerprint density at radius 2 is 1.92 bits per heavy atom. The van der Waals surface area contributed by atoms with E-state index in [0.717, 1.165) is 5.56 Å². The summed E-state index contributed by atoms with van der Waals surface area (Å²) >= 11 is 1.43. The van der Waals surface area contributed by atoms with E-state index in [-0.39, 0.29) is 41.8 Å². The van der Waals surface area contributed by atoms with E-state index in [0.29, 0.717) is 17.9 Å². The van der Waals surface area contributed by atoms with Gasteiger partial charge in [0.15, 0.2) is 0 Å². The molecule has 0 spiro atoms. The molecule has 1 heterocycles. The van der Waals surface area contributed by atoms with Gasteiger partial charge in [-0.2, -0.15) is 0 Å². The minimum Gasteiger partial charge on any atom is -0.352 e. The summed E-state index contributed by atoms with van der Waals surface area (Å²) in [5, 5.41) is 2.48. The standard InChI is InChI=1S/C19H18F2N2O2S/c20-15-6-4-13(5-7-15)11-22-17(24)8-9-23-18(25)12-26-19(23)14-2-1-3-16(21)10-14/h1-7,10,19H,8-9,11-12H2,(H,22,24). The first-order valence-electron chi connectivity index (χ1n) is 8.20. The third-order valence-electron chi connectivity index (χ3n) is 4.08. The van der Waals surface area contributed by atoms with Crippen molar-refractivity contribution in [1.29, 1.82) is 0 Å². The molecular formula is C19H18F2N2O2S. The summed E-state index contributed by atoms with van der Waals surface area (Å²) < 4.78 is 26.3. The van der Waals surface area contributed by atoms with Gasteiger partial charge in [-0.25, -0.2) is 8.78 Å². The summed E-state index contributed by atoms with van der Waals surface area (Å²) in [5.74, 6) is -0.612. The van der Waals surface area contributed by atoms with Gasteiger partial charge in [-0.1, -0.05) is 24.3 Å². The number of nitrogens with one attached hydrogen (secondary N) is 1. The van der Waals surface area contributed by atoms with Crippen LogP contribution in [0.25, 0.3) is 0 Å². The summed E-state index contributed by atoms with van der Waals surface area (Å²) in [7, 11) is 0. The van der Waals surface area contributed by atoms with E-state index in [1.165, 1.54) is 36.0 Å². The topological polar surface area (TPSA) is 49.4 Å². The molecule has 136 valence electrons. The predicted octanol–water partition coefficient (Wildman–Crippen LogP) is 3.25. The van der Waals surface area contributed by atoms with Gasteiger partial charge in [-0.15, -0.1) is 11.8 Å². The van der Waals surface area contributed by atoms with Gasteiger partial charge in [0, 0.05) is 19.5 Å². The minimum absolute atomic E-state index is 0.0596. The highest BCUT2D eigenvalue weighted by Gasteiger charge is 2.32.